The average Bonchev–Trinajstić information content (AvgIpc) is 2.15. The largest absolute Gasteiger partial charge is 0.306 e. The molecule has 0 saturated carbocycles. The summed E-state index contributed by atoms with van der Waals surface area (Å²) in [5.74, 6) is 0. The van der Waals surface area contributed by atoms with Gasteiger partial charge >= 0.3 is 0 Å². The molecule has 0 fully saturated rings. The summed E-state index contributed by atoms with van der Waals surface area (Å²) in [6.07, 6.45) is 6.81. The van der Waals surface area contributed by atoms with Gasteiger partial charge in [-0.05, 0) is 6.42 Å². The Kier molecular flexibility index (Phi) is 3.07. The Balaban J connectivity index is 2.96. The molecule has 0 aromatic carbocycles. The van der Waals surface area contributed by atoms with Gasteiger partial charge in [0.2, 0.25) is 0 Å². The zero-order valence-corrected chi connectivity index (χ0v) is 6.86. The SMILES string of the molecule is CC/C=N\c1cncnc1C=N. The van der Waals surface area contributed by atoms with Crippen LogP contribution in [0.15, 0.2) is 17.5 Å². The predicted molar refractivity (Wildman–Crippen MR) is 48.4 cm³/mol. The molecular weight excluding hydrogens is 152 g/mol. The molecule has 1 N–H and O–H groups in total. The predicted octanol–water partition coefficient (Wildman–Crippen LogP) is 1.59. The van der Waals surface area contributed by atoms with Crippen LogP contribution in [0.5, 0.6) is 0 Å². The van der Waals surface area contributed by atoms with Crippen LogP contribution >= 0.6 is 0 Å². The molecule has 62 valence electrons. The molecule has 0 bridgehead atoms. The fraction of sp³-hybridized carbons (Fsp3) is 0.250. The minimum absolute atomic E-state index is 0.551. The average molecular weight is 162 g/mol. The lowest BCUT2D eigenvalue weighted by Crippen LogP contribution is -1.88. The summed E-state index contributed by atoms with van der Waals surface area (Å²) in [6.45, 7) is 2.00. The Morgan fingerprint density at radius 1 is 1.67 bits per heavy atom. The van der Waals surface area contributed by atoms with Crippen LogP contribution in [0, 0.1) is 5.41 Å². The fourth-order valence-corrected chi connectivity index (χ4v) is 0.732. The quantitative estimate of drug-likeness (QED) is 0.686. The van der Waals surface area contributed by atoms with Gasteiger partial charge in [0.05, 0.1) is 6.20 Å². The van der Waals surface area contributed by atoms with Crippen molar-refractivity contribution in [3.05, 3.63) is 18.2 Å². The first-order valence-electron chi connectivity index (χ1n) is 3.71. The summed E-state index contributed by atoms with van der Waals surface area (Å²) in [4.78, 5) is 11.8. The summed E-state index contributed by atoms with van der Waals surface area (Å²) < 4.78 is 0. The van der Waals surface area contributed by atoms with Crippen LogP contribution in [0.2, 0.25) is 0 Å². The maximum absolute atomic E-state index is 7.03. The van der Waals surface area contributed by atoms with Crippen LogP contribution < -0.4 is 0 Å². The fourth-order valence-electron chi connectivity index (χ4n) is 0.732. The number of nitrogens with zero attached hydrogens (tertiary/aromatic N) is 3. The van der Waals surface area contributed by atoms with Gasteiger partial charge in [-0.1, -0.05) is 6.92 Å². The highest BCUT2D eigenvalue weighted by Crippen LogP contribution is 2.11. The molecule has 1 aromatic rings. The summed E-state index contributed by atoms with van der Waals surface area (Å²) in [6, 6.07) is 0. The molecule has 0 aliphatic carbocycles. The molecule has 0 spiro atoms. The van der Waals surface area contributed by atoms with E-state index in [4.69, 9.17) is 5.41 Å². The van der Waals surface area contributed by atoms with Crippen molar-refractivity contribution < 1.29 is 0 Å². The van der Waals surface area contributed by atoms with Gasteiger partial charge in [-0.2, -0.15) is 0 Å². The first-order valence-corrected chi connectivity index (χ1v) is 3.71. The Morgan fingerprint density at radius 2 is 2.50 bits per heavy atom. The van der Waals surface area contributed by atoms with Gasteiger partial charge in [0.25, 0.3) is 0 Å². The van der Waals surface area contributed by atoms with Crippen LogP contribution in [0.4, 0.5) is 5.69 Å². The lowest BCUT2D eigenvalue weighted by atomic mass is 10.4. The monoisotopic (exact) mass is 162 g/mol. The maximum atomic E-state index is 7.03. The van der Waals surface area contributed by atoms with Crippen LogP contribution in [-0.4, -0.2) is 22.4 Å². The topological polar surface area (TPSA) is 62.0 Å². The van der Waals surface area contributed by atoms with E-state index in [0.717, 1.165) is 6.42 Å². The molecule has 12 heavy (non-hydrogen) atoms. The summed E-state index contributed by atoms with van der Waals surface area (Å²) in [5.41, 5.74) is 1.20. The van der Waals surface area contributed by atoms with E-state index >= 15 is 0 Å². The van der Waals surface area contributed by atoms with Crippen molar-refractivity contribution in [1.82, 2.24) is 9.97 Å². The van der Waals surface area contributed by atoms with Crippen LogP contribution in [-0.2, 0) is 0 Å². The van der Waals surface area contributed by atoms with E-state index in [1.807, 2.05) is 6.92 Å². The lowest BCUT2D eigenvalue weighted by Gasteiger charge is -1.94. The van der Waals surface area contributed by atoms with Gasteiger partial charge in [0.15, 0.2) is 0 Å². The number of aromatic nitrogens is 2. The minimum atomic E-state index is 0.551. The van der Waals surface area contributed by atoms with E-state index in [2.05, 4.69) is 15.0 Å². The molecule has 0 unspecified atom stereocenters. The molecular formula is C8H10N4. The maximum Gasteiger partial charge on any atom is 0.116 e. The van der Waals surface area contributed by atoms with E-state index in [9.17, 15) is 0 Å². The molecule has 1 rings (SSSR count). The minimum Gasteiger partial charge on any atom is -0.306 e. The van der Waals surface area contributed by atoms with Crippen molar-refractivity contribution in [2.45, 2.75) is 13.3 Å². The number of rotatable bonds is 3. The second-order valence-corrected chi connectivity index (χ2v) is 2.16. The van der Waals surface area contributed by atoms with E-state index < -0.39 is 0 Å². The summed E-state index contributed by atoms with van der Waals surface area (Å²) in [5, 5.41) is 7.03. The smallest absolute Gasteiger partial charge is 0.116 e. The van der Waals surface area contributed by atoms with E-state index in [1.54, 1.807) is 12.4 Å². The number of hydrogen-bond donors (Lipinski definition) is 1. The molecule has 0 saturated heterocycles. The van der Waals surface area contributed by atoms with Gasteiger partial charge in [0, 0.05) is 12.4 Å². The number of aliphatic imine (C=N–C) groups is 1. The first-order chi connectivity index (χ1) is 5.88. The third kappa shape index (κ3) is 1.95. The highest BCUT2D eigenvalue weighted by molar-refractivity contribution is 5.82. The van der Waals surface area contributed by atoms with Crippen LogP contribution in [0.25, 0.3) is 0 Å². The Morgan fingerprint density at radius 3 is 3.17 bits per heavy atom. The second-order valence-electron chi connectivity index (χ2n) is 2.16. The standard InChI is InChI=1S/C8H10N4/c1-2-3-11-8-5-10-6-12-7(8)4-9/h3-6,9H,2H2,1H3/b9-4?,11-3-. The summed E-state index contributed by atoms with van der Waals surface area (Å²) >= 11 is 0. The zero-order valence-electron chi connectivity index (χ0n) is 6.86. The molecule has 0 atom stereocenters. The van der Waals surface area contributed by atoms with Gasteiger partial charge in [-0.25, -0.2) is 9.97 Å². The molecule has 4 heteroatoms. The number of nitrogens with one attached hydrogen (secondary N) is 1. The second kappa shape index (κ2) is 4.33. The van der Waals surface area contributed by atoms with E-state index in [0.29, 0.717) is 11.4 Å². The van der Waals surface area contributed by atoms with Gasteiger partial charge < -0.3 is 5.41 Å². The van der Waals surface area contributed by atoms with Crippen LogP contribution in [0.3, 0.4) is 0 Å². The van der Waals surface area contributed by atoms with Crippen LogP contribution in [0.1, 0.15) is 19.0 Å². The first kappa shape index (κ1) is 8.52. The lowest BCUT2D eigenvalue weighted by molar-refractivity contribution is 1.14. The zero-order chi connectivity index (χ0) is 8.81. The molecule has 0 aliphatic heterocycles. The van der Waals surface area contributed by atoms with Crippen molar-refractivity contribution in [2.75, 3.05) is 0 Å². The third-order valence-electron chi connectivity index (χ3n) is 1.27. The molecule has 4 nitrogen and oxygen atoms in total. The third-order valence-corrected chi connectivity index (χ3v) is 1.27. The van der Waals surface area contributed by atoms with Crippen molar-refractivity contribution in [3.8, 4) is 0 Å². The molecule has 1 heterocycles. The molecule has 0 aliphatic rings. The highest BCUT2D eigenvalue weighted by Gasteiger charge is 1.96. The van der Waals surface area contributed by atoms with Crippen molar-refractivity contribution in [1.29, 1.82) is 5.41 Å². The van der Waals surface area contributed by atoms with Crippen molar-refractivity contribution >= 4 is 18.1 Å². The molecule has 1 aromatic heterocycles. The highest BCUT2D eigenvalue weighted by atomic mass is 14.9. The normalized spacial score (nSPS) is 10.4. The van der Waals surface area contributed by atoms with Gasteiger partial charge in [-0.15, -0.1) is 0 Å². The van der Waals surface area contributed by atoms with Gasteiger partial charge in [0.1, 0.15) is 17.7 Å². The van der Waals surface area contributed by atoms with E-state index in [-0.39, 0.29) is 0 Å². The Labute approximate surface area is 70.9 Å². The van der Waals surface area contributed by atoms with Crippen molar-refractivity contribution in [2.24, 2.45) is 4.99 Å². The Bertz CT molecular complexity index is 293. The molecule has 0 amide bonds. The molecule has 0 radical (unpaired) electrons. The number of hydrogen-bond acceptors (Lipinski definition) is 4. The van der Waals surface area contributed by atoms with E-state index in [1.165, 1.54) is 12.5 Å². The van der Waals surface area contributed by atoms with Crippen molar-refractivity contribution in [3.63, 3.8) is 0 Å². The van der Waals surface area contributed by atoms with Gasteiger partial charge in [-0.3, -0.25) is 4.99 Å². The summed E-state index contributed by atoms with van der Waals surface area (Å²) in [7, 11) is 0. The Hall–Kier alpha value is -1.58.